The Balaban J connectivity index is 2.48. The van der Waals surface area contributed by atoms with Crippen molar-refractivity contribution >= 4 is 34.3 Å². The molecule has 0 radical (unpaired) electrons. The molecule has 0 fully saturated rings. The topological polar surface area (TPSA) is 148 Å². The number of hydrogen-bond donors (Lipinski definition) is 3. The number of amides is 2. The maximum absolute atomic E-state index is 12.0. The van der Waals surface area contributed by atoms with Gasteiger partial charge in [0.25, 0.3) is 5.91 Å². The van der Waals surface area contributed by atoms with Gasteiger partial charge in [0.1, 0.15) is 11.6 Å². The first-order valence-electron chi connectivity index (χ1n) is 7.74. The Bertz CT molecular complexity index is 681. The number of ether oxygens (including phenoxy) is 1. The minimum atomic E-state index is -1.23. The highest BCUT2D eigenvalue weighted by molar-refractivity contribution is 7.17. The van der Waals surface area contributed by atoms with E-state index in [9.17, 15) is 29.6 Å². The van der Waals surface area contributed by atoms with E-state index in [1.54, 1.807) is 20.8 Å². The molecule has 3 N–H and O–H groups in total. The number of nitrogens with one attached hydrogen (secondary N) is 2. The van der Waals surface area contributed by atoms with Crippen LogP contribution in [-0.4, -0.2) is 46.2 Å². The SMILES string of the molecule is CC(C)(C)OC(=O)NCCCC(NC(=O)c1ccc([N+](=O)[O-])s1)C(=O)O. The molecule has 1 heterocycles. The summed E-state index contributed by atoms with van der Waals surface area (Å²) in [5.41, 5.74) is -0.634. The molecule has 0 spiro atoms. The van der Waals surface area contributed by atoms with Gasteiger partial charge in [-0.25, -0.2) is 9.59 Å². The third-order valence-corrected chi connectivity index (χ3v) is 3.97. The average Bonchev–Trinajstić information content (AvgIpc) is 2.98. The molecule has 10 nitrogen and oxygen atoms in total. The summed E-state index contributed by atoms with van der Waals surface area (Å²) in [6, 6.07) is 1.27. The highest BCUT2D eigenvalue weighted by Crippen LogP contribution is 2.23. The maximum atomic E-state index is 12.0. The number of nitro groups is 1. The van der Waals surface area contributed by atoms with Gasteiger partial charge in [-0.1, -0.05) is 11.3 Å². The van der Waals surface area contributed by atoms with Crippen LogP contribution in [0.25, 0.3) is 0 Å². The Labute approximate surface area is 153 Å². The quantitative estimate of drug-likeness (QED) is 0.351. The lowest BCUT2D eigenvalue weighted by Gasteiger charge is -2.20. The van der Waals surface area contributed by atoms with E-state index in [2.05, 4.69) is 10.6 Å². The molecule has 1 atom stereocenters. The Morgan fingerprint density at radius 2 is 2.00 bits per heavy atom. The van der Waals surface area contributed by atoms with Gasteiger partial charge in [0, 0.05) is 12.6 Å². The fourth-order valence-electron chi connectivity index (χ4n) is 1.85. The lowest BCUT2D eigenvalue weighted by Crippen LogP contribution is -2.41. The smallest absolute Gasteiger partial charge is 0.407 e. The molecule has 11 heteroatoms. The molecule has 144 valence electrons. The van der Waals surface area contributed by atoms with Crippen LogP contribution >= 0.6 is 11.3 Å². The molecule has 0 aliphatic heterocycles. The fourth-order valence-corrected chi connectivity index (χ4v) is 2.57. The first-order valence-corrected chi connectivity index (χ1v) is 8.56. The molecule has 1 aromatic heterocycles. The van der Waals surface area contributed by atoms with Crippen molar-refractivity contribution in [3.8, 4) is 0 Å². The number of carbonyl (C=O) groups excluding carboxylic acids is 2. The zero-order chi connectivity index (χ0) is 19.9. The van der Waals surface area contributed by atoms with E-state index in [1.807, 2.05) is 0 Å². The number of thiophene rings is 1. The van der Waals surface area contributed by atoms with Crippen molar-refractivity contribution in [1.29, 1.82) is 0 Å². The second-order valence-corrected chi connectivity index (χ2v) is 7.39. The van der Waals surface area contributed by atoms with E-state index in [0.717, 1.165) is 0 Å². The highest BCUT2D eigenvalue weighted by atomic mass is 32.1. The normalized spacial score (nSPS) is 12.1. The van der Waals surface area contributed by atoms with E-state index in [1.165, 1.54) is 12.1 Å². The van der Waals surface area contributed by atoms with Gasteiger partial charge in [-0.05, 0) is 39.7 Å². The maximum Gasteiger partial charge on any atom is 0.407 e. The summed E-state index contributed by atoms with van der Waals surface area (Å²) in [6.07, 6.45) is -0.245. The number of carbonyl (C=O) groups is 3. The molecule has 1 aromatic rings. The van der Waals surface area contributed by atoms with Crippen LogP contribution in [0.15, 0.2) is 12.1 Å². The number of carboxylic acids is 1. The van der Waals surface area contributed by atoms with Crippen molar-refractivity contribution < 1.29 is 29.2 Å². The lowest BCUT2D eigenvalue weighted by molar-refractivity contribution is -0.380. The molecule has 0 saturated carbocycles. The zero-order valence-electron chi connectivity index (χ0n) is 14.6. The van der Waals surface area contributed by atoms with Crippen molar-refractivity contribution in [3.63, 3.8) is 0 Å². The molecule has 2 amide bonds. The second-order valence-electron chi connectivity index (χ2n) is 6.33. The molecular formula is C15H21N3O7S. The summed E-state index contributed by atoms with van der Waals surface area (Å²) in [5.74, 6) is -1.93. The molecule has 0 aliphatic carbocycles. The molecule has 1 unspecified atom stereocenters. The molecule has 0 aliphatic rings. The van der Waals surface area contributed by atoms with Gasteiger partial charge in [0.15, 0.2) is 0 Å². The molecule has 26 heavy (non-hydrogen) atoms. The first-order chi connectivity index (χ1) is 12.0. The van der Waals surface area contributed by atoms with E-state index >= 15 is 0 Å². The Morgan fingerprint density at radius 3 is 2.50 bits per heavy atom. The van der Waals surface area contributed by atoms with Crippen LogP contribution in [0, 0.1) is 10.1 Å². The zero-order valence-corrected chi connectivity index (χ0v) is 15.4. The number of carboxylic acid groups (broad SMARTS) is 1. The number of alkyl carbamates (subject to hydrolysis) is 1. The van der Waals surface area contributed by atoms with Crippen molar-refractivity contribution in [2.24, 2.45) is 0 Å². The van der Waals surface area contributed by atoms with Gasteiger partial charge in [-0.3, -0.25) is 14.9 Å². The first kappa shape index (κ1) is 21.4. The Hall–Kier alpha value is -2.69. The number of nitrogens with zero attached hydrogens (tertiary/aromatic N) is 1. The van der Waals surface area contributed by atoms with Crippen LogP contribution in [0.3, 0.4) is 0 Å². The Kier molecular flexibility index (Phi) is 7.50. The minimum Gasteiger partial charge on any atom is -0.480 e. The number of hydrogen-bond acceptors (Lipinski definition) is 7. The average molecular weight is 387 g/mol. The molecule has 0 aromatic carbocycles. The van der Waals surface area contributed by atoms with Crippen molar-refractivity contribution in [2.45, 2.75) is 45.3 Å². The van der Waals surface area contributed by atoms with Crippen LogP contribution < -0.4 is 10.6 Å². The van der Waals surface area contributed by atoms with Gasteiger partial charge in [-0.15, -0.1) is 0 Å². The fraction of sp³-hybridized carbons (Fsp3) is 0.533. The van der Waals surface area contributed by atoms with E-state index in [0.29, 0.717) is 17.8 Å². The monoisotopic (exact) mass is 387 g/mol. The van der Waals surface area contributed by atoms with Crippen LogP contribution in [0.2, 0.25) is 0 Å². The van der Waals surface area contributed by atoms with Crippen molar-refractivity contribution in [2.75, 3.05) is 6.54 Å². The summed E-state index contributed by atoms with van der Waals surface area (Å²) in [5, 5.41) is 24.4. The third-order valence-electron chi connectivity index (χ3n) is 2.94. The van der Waals surface area contributed by atoms with Gasteiger partial charge < -0.3 is 20.5 Å². The summed E-state index contributed by atoms with van der Waals surface area (Å²) >= 11 is 0.663. The molecule has 0 saturated heterocycles. The Morgan fingerprint density at radius 1 is 1.35 bits per heavy atom. The summed E-state index contributed by atoms with van der Waals surface area (Å²) in [6.45, 7) is 5.34. The van der Waals surface area contributed by atoms with Gasteiger partial charge in [0.2, 0.25) is 0 Å². The second kappa shape index (κ2) is 9.13. The minimum absolute atomic E-state index is 0.0508. The predicted octanol–water partition coefficient (Wildman–Crippen LogP) is 2.14. The molecule has 0 bridgehead atoms. The third kappa shape index (κ3) is 7.47. The lowest BCUT2D eigenvalue weighted by atomic mass is 10.1. The number of aliphatic carboxylic acids is 1. The van der Waals surface area contributed by atoms with E-state index in [4.69, 9.17) is 4.74 Å². The number of rotatable bonds is 8. The predicted molar refractivity (Wildman–Crippen MR) is 93.3 cm³/mol. The van der Waals surface area contributed by atoms with Crippen LogP contribution in [0.5, 0.6) is 0 Å². The van der Waals surface area contributed by atoms with Gasteiger partial charge in [-0.2, -0.15) is 0 Å². The van der Waals surface area contributed by atoms with Crippen molar-refractivity contribution in [3.05, 3.63) is 27.1 Å². The highest BCUT2D eigenvalue weighted by Gasteiger charge is 2.23. The van der Waals surface area contributed by atoms with Gasteiger partial charge >= 0.3 is 17.1 Å². The van der Waals surface area contributed by atoms with E-state index in [-0.39, 0.29) is 22.8 Å². The van der Waals surface area contributed by atoms with Gasteiger partial charge in [0.05, 0.1) is 9.80 Å². The summed E-state index contributed by atoms with van der Waals surface area (Å²) in [7, 11) is 0. The summed E-state index contributed by atoms with van der Waals surface area (Å²) < 4.78 is 5.05. The van der Waals surface area contributed by atoms with E-state index < -0.39 is 34.5 Å². The molecule has 1 rings (SSSR count). The largest absolute Gasteiger partial charge is 0.480 e. The standard InChI is InChI=1S/C15H21N3O7S/c1-15(2,3)25-14(22)16-8-4-5-9(13(20)21)17-12(19)10-6-7-11(26-10)18(23)24/h6-7,9H,4-5,8H2,1-3H3,(H,16,22)(H,17,19)(H,20,21). The van der Waals surface area contributed by atoms with Crippen LogP contribution in [0.1, 0.15) is 43.3 Å². The van der Waals surface area contributed by atoms with Crippen LogP contribution in [-0.2, 0) is 9.53 Å². The van der Waals surface area contributed by atoms with Crippen LogP contribution in [0.4, 0.5) is 9.80 Å². The van der Waals surface area contributed by atoms with Crippen molar-refractivity contribution in [1.82, 2.24) is 10.6 Å². The summed E-state index contributed by atoms with van der Waals surface area (Å²) in [4.78, 5) is 44.8. The molecular weight excluding hydrogens is 366 g/mol.